The van der Waals surface area contributed by atoms with Crippen molar-refractivity contribution in [2.75, 3.05) is 55.3 Å². The van der Waals surface area contributed by atoms with Gasteiger partial charge in [-0.05, 0) is 11.6 Å². The second-order valence-electron chi connectivity index (χ2n) is 5.73. The Morgan fingerprint density at radius 2 is 2.04 bits per heavy atom. The average molecular weight is 329 g/mol. The van der Waals surface area contributed by atoms with E-state index in [1.165, 1.54) is 6.33 Å². The Morgan fingerprint density at radius 3 is 2.75 bits per heavy atom. The number of aliphatic hydroxyl groups excluding tert-OH is 1. The molecular formula is C16H23N7O. The molecule has 1 aliphatic rings. The van der Waals surface area contributed by atoms with Crippen molar-refractivity contribution >= 4 is 17.3 Å². The SMILES string of the molecule is Nc1c(NCc2cccnc2)ncnc1N1CCN(CCO)CC1. The summed E-state index contributed by atoms with van der Waals surface area (Å²) in [6, 6.07) is 3.90. The van der Waals surface area contributed by atoms with Crippen molar-refractivity contribution in [3.8, 4) is 0 Å². The topological polar surface area (TPSA) is 103 Å². The van der Waals surface area contributed by atoms with Crippen molar-refractivity contribution in [3.05, 3.63) is 36.4 Å². The van der Waals surface area contributed by atoms with Gasteiger partial charge in [0, 0.05) is 51.7 Å². The van der Waals surface area contributed by atoms with Gasteiger partial charge >= 0.3 is 0 Å². The van der Waals surface area contributed by atoms with E-state index in [2.05, 4.69) is 30.1 Å². The lowest BCUT2D eigenvalue weighted by molar-refractivity contribution is 0.188. The molecule has 128 valence electrons. The minimum Gasteiger partial charge on any atom is -0.395 e. The van der Waals surface area contributed by atoms with Crippen molar-refractivity contribution in [3.63, 3.8) is 0 Å². The number of hydrogen-bond donors (Lipinski definition) is 3. The van der Waals surface area contributed by atoms with Crippen LogP contribution in [0, 0.1) is 0 Å². The third-order valence-electron chi connectivity index (χ3n) is 4.13. The fourth-order valence-electron chi connectivity index (χ4n) is 2.79. The number of nitrogens with one attached hydrogen (secondary N) is 1. The van der Waals surface area contributed by atoms with E-state index in [4.69, 9.17) is 10.8 Å². The summed E-state index contributed by atoms with van der Waals surface area (Å²) in [5.41, 5.74) is 7.90. The molecule has 0 unspecified atom stereocenters. The van der Waals surface area contributed by atoms with E-state index in [0.717, 1.165) is 37.6 Å². The molecule has 3 heterocycles. The summed E-state index contributed by atoms with van der Waals surface area (Å²) < 4.78 is 0. The molecular weight excluding hydrogens is 306 g/mol. The van der Waals surface area contributed by atoms with Crippen molar-refractivity contribution in [1.29, 1.82) is 0 Å². The van der Waals surface area contributed by atoms with Gasteiger partial charge in [0.1, 0.15) is 12.0 Å². The quantitative estimate of drug-likeness (QED) is 0.690. The number of anilines is 3. The van der Waals surface area contributed by atoms with Crippen LogP contribution in [0.1, 0.15) is 5.56 Å². The van der Waals surface area contributed by atoms with Gasteiger partial charge in [-0.25, -0.2) is 9.97 Å². The molecule has 0 atom stereocenters. The van der Waals surface area contributed by atoms with E-state index in [1.54, 1.807) is 6.20 Å². The number of aliphatic hydroxyl groups is 1. The average Bonchev–Trinajstić information content (AvgIpc) is 2.63. The molecule has 0 amide bonds. The van der Waals surface area contributed by atoms with E-state index in [0.29, 0.717) is 24.6 Å². The van der Waals surface area contributed by atoms with Crippen LogP contribution in [0.2, 0.25) is 0 Å². The number of rotatable bonds is 6. The molecule has 8 heteroatoms. The number of piperazine rings is 1. The van der Waals surface area contributed by atoms with Crippen LogP contribution in [-0.4, -0.2) is 64.3 Å². The molecule has 0 aliphatic carbocycles. The molecule has 0 spiro atoms. The summed E-state index contributed by atoms with van der Waals surface area (Å²) in [7, 11) is 0. The van der Waals surface area contributed by atoms with Crippen LogP contribution in [0.25, 0.3) is 0 Å². The zero-order chi connectivity index (χ0) is 16.8. The maximum absolute atomic E-state index is 9.03. The number of hydrogen-bond acceptors (Lipinski definition) is 8. The molecule has 2 aromatic heterocycles. The standard InChI is InChI=1S/C16H23N7O/c17-14-15(19-11-13-2-1-3-18-10-13)20-12-21-16(14)23-6-4-22(5-7-23)8-9-24/h1-3,10,12,24H,4-9,11,17H2,(H,19,20,21). The van der Waals surface area contributed by atoms with Gasteiger partial charge in [-0.3, -0.25) is 9.88 Å². The minimum absolute atomic E-state index is 0.193. The highest BCUT2D eigenvalue weighted by molar-refractivity contribution is 5.75. The molecule has 1 aliphatic heterocycles. The lowest BCUT2D eigenvalue weighted by Crippen LogP contribution is -2.47. The molecule has 3 rings (SSSR count). The van der Waals surface area contributed by atoms with Crippen LogP contribution in [0.15, 0.2) is 30.9 Å². The Labute approximate surface area is 141 Å². The molecule has 0 aromatic carbocycles. The van der Waals surface area contributed by atoms with E-state index in [9.17, 15) is 0 Å². The first-order chi connectivity index (χ1) is 11.8. The van der Waals surface area contributed by atoms with Crippen molar-refractivity contribution in [1.82, 2.24) is 19.9 Å². The van der Waals surface area contributed by atoms with Gasteiger partial charge < -0.3 is 21.1 Å². The highest BCUT2D eigenvalue weighted by Crippen LogP contribution is 2.27. The molecule has 0 bridgehead atoms. The Kier molecular flexibility index (Phi) is 5.39. The van der Waals surface area contributed by atoms with Gasteiger partial charge in [-0.2, -0.15) is 0 Å². The summed E-state index contributed by atoms with van der Waals surface area (Å²) in [5, 5.41) is 12.3. The van der Waals surface area contributed by atoms with Crippen LogP contribution in [0.4, 0.5) is 17.3 Å². The van der Waals surface area contributed by atoms with E-state index in [1.807, 2.05) is 18.3 Å². The third-order valence-corrected chi connectivity index (χ3v) is 4.13. The molecule has 0 radical (unpaired) electrons. The molecule has 8 nitrogen and oxygen atoms in total. The first kappa shape index (κ1) is 16.4. The van der Waals surface area contributed by atoms with Crippen LogP contribution in [0.5, 0.6) is 0 Å². The lowest BCUT2D eigenvalue weighted by Gasteiger charge is -2.35. The summed E-state index contributed by atoms with van der Waals surface area (Å²) in [4.78, 5) is 17.1. The first-order valence-electron chi connectivity index (χ1n) is 8.09. The molecule has 4 N–H and O–H groups in total. The maximum atomic E-state index is 9.03. The largest absolute Gasteiger partial charge is 0.395 e. The predicted octanol–water partition coefficient (Wildman–Crippen LogP) is 0.180. The number of nitrogens with two attached hydrogens (primary N) is 1. The lowest BCUT2D eigenvalue weighted by atomic mass is 10.2. The normalized spacial score (nSPS) is 15.5. The van der Waals surface area contributed by atoms with Crippen LogP contribution in [0.3, 0.4) is 0 Å². The van der Waals surface area contributed by atoms with E-state index >= 15 is 0 Å². The highest BCUT2D eigenvalue weighted by atomic mass is 16.3. The molecule has 24 heavy (non-hydrogen) atoms. The Balaban J connectivity index is 1.65. The Bertz CT molecular complexity index is 644. The zero-order valence-electron chi connectivity index (χ0n) is 13.6. The molecule has 0 saturated carbocycles. The van der Waals surface area contributed by atoms with Gasteiger partial charge in [-0.1, -0.05) is 6.07 Å². The highest BCUT2D eigenvalue weighted by Gasteiger charge is 2.20. The zero-order valence-corrected chi connectivity index (χ0v) is 13.6. The first-order valence-corrected chi connectivity index (χ1v) is 8.09. The number of β-amino-alcohol motifs (C(OH)–C–C–N with tert-alkyl or cyclic N) is 1. The van der Waals surface area contributed by atoms with Crippen LogP contribution < -0.4 is 16.0 Å². The van der Waals surface area contributed by atoms with E-state index < -0.39 is 0 Å². The number of nitrogen functional groups attached to an aromatic ring is 1. The smallest absolute Gasteiger partial charge is 0.157 e. The number of aromatic nitrogens is 3. The second kappa shape index (κ2) is 7.89. The Morgan fingerprint density at radius 1 is 1.21 bits per heavy atom. The molecule has 1 saturated heterocycles. The predicted molar refractivity (Wildman–Crippen MR) is 93.7 cm³/mol. The van der Waals surface area contributed by atoms with Gasteiger partial charge in [-0.15, -0.1) is 0 Å². The van der Waals surface area contributed by atoms with Crippen molar-refractivity contribution < 1.29 is 5.11 Å². The molecule has 1 fully saturated rings. The fraction of sp³-hybridized carbons (Fsp3) is 0.438. The summed E-state index contributed by atoms with van der Waals surface area (Å²) >= 11 is 0. The van der Waals surface area contributed by atoms with E-state index in [-0.39, 0.29) is 6.61 Å². The van der Waals surface area contributed by atoms with Crippen LogP contribution in [-0.2, 0) is 6.54 Å². The summed E-state index contributed by atoms with van der Waals surface area (Å²) in [5.74, 6) is 1.41. The Hall–Kier alpha value is -2.45. The van der Waals surface area contributed by atoms with Crippen LogP contribution >= 0.6 is 0 Å². The van der Waals surface area contributed by atoms with Gasteiger partial charge in [0.05, 0.1) is 6.61 Å². The monoisotopic (exact) mass is 329 g/mol. The van der Waals surface area contributed by atoms with Gasteiger partial charge in [0.25, 0.3) is 0 Å². The molecule has 2 aromatic rings. The van der Waals surface area contributed by atoms with Gasteiger partial charge in [0.2, 0.25) is 0 Å². The van der Waals surface area contributed by atoms with Gasteiger partial charge in [0.15, 0.2) is 11.6 Å². The fourth-order valence-corrected chi connectivity index (χ4v) is 2.79. The minimum atomic E-state index is 0.193. The van der Waals surface area contributed by atoms with Crippen molar-refractivity contribution in [2.24, 2.45) is 0 Å². The number of pyridine rings is 1. The van der Waals surface area contributed by atoms with Crippen molar-refractivity contribution in [2.45, 2.75) is 6.54 Å². The summed E-state index contributed by atoms with van der Waals surface area (Å²) in [6.07, 6.45) is 5.10. The third kappa shape index (κ3) is 3.90. The maximum Gasteiger partial charge on any atom is 0.157 e. The number of nitrogens with zero attached hydrogens (tertiary/aromatic N) is 5. The summed E-state index contributed by atoms with van der Waals surface area (Å²) in [6.45, 7) is 4.97. The second-order valence-corrected chi connectivity index (χ2v) is 5.73.